The first-order valence-corrected chi connectivity index (χ1v) is 20.4. The van der Waals surface area contributed by atoms with Crippen molar-refractivity contribution in [2.45, 2.75) is 78.6 Å². The van der Waals surface area contributed by atoms with Gasteiger partial charge in [0, 0.05) is 13.1 Å². The zero-order valence-electron chi connectivity index (χ0n) is 34.7. The normalized spacial score (nSPS) is 20.3. The minimum absolute atomic E-state index is 0.116. The predicted octanol–water partition coefficient (Wildman–Crippen LogP) is 7.78. The second-order valence-electron chi connectivity index (χ2n) is 16.9. The lowest BCUT2D eigenvalue weighted by Crippen LogP contribution is -2.51. The van der Waals surface area contributed by atoms with Gasteiger partial charge in [-0.25, -0.2) is 19.6 Å². The average Bonchev–Trinajstić information content (AvgIpc) is 4.03. The zero-order chi connectivity index (χ0) is 42.1. The number of hydrogen-bond donors (Lipinski definition) is 5. The Kier molecular flexibility index (Phi) is 11.8. The Labute approximate surface area is 344 Å². The van der Waals surface area contributed by atoms with Crippen LogP contribution in [0.3, 0.4) is 0 Å². The third kappa shape index (κ3) is 8.67. The number of carboxylic acid groups (broad SMARTS) is 1. The van der Waals surface area contributed by atoms with Crippen LogP contribution in [0.4, 0.5) is 9.59 Å². The zero-order valence-corrected chi connectivity index (χ0v) is 34.7. The number of hydrogen-bond acceptors (Lipinski definition) is 7. The monoisotopic (exact) mass is 802 g/mol. The molecule has 0 bridgehead atoms. The van der Waals surface area contributed by atoms with E-state index < -0.39 is 24.3 Å². The third-order valence-corrected chi connectivity index (χ3v) is 11.7. The molecule has 2 saturated heterocycles. The van der Waals surface area contributed by atoms with E-state index in [0.29, 0.717) is 18.9 Å². The van der Waals surface area contributed by atoms with Gasteiger partial charge in [-0.05, 0) is 76.5 Å². The molecule has 2 fully saturated rings. The lowest BCUT2D eigenvalue weighted by molar-refractivity contribution is -0.136. The van der Waals surface area contributed by atoms with E-state index in [0.717, 1.165) is 63.2 Å². The van der Waals surface area contributed by atoms with Gasteiger partial charge in [-0.15, -0.1) is 0 Å². The van der Waals surface area contributed by atoms with Gasteiger partial charge in [0.25, 0.3) is 0 Å². The van der Waals surface area contributed by atoms with Crippen LogP contribution in [-0.4, -0.2) is 91.1 Å². The van der Waals surface area contributed by atoms with Crippen molar-refractivity contribution in [3.8, 4) is 33.5 Å². The summed E-state index contributed by atoms with van der Waals surface area (Å²) >= 11 is 0. The second kappa shape index (κ2) is 17.0. The maximum Gasteiger partial charge on any atom is 0.407 e. The molecule has 2 aliphatic heterocycles. The molecular weight excluding hydrogens is 749 g/mol. The number of ether oxygens (including phenoxy) is 1. The van der Waals surface area contributed by atoms with Crippen LogP contribution in [0.25, 0.3) is 44.5 Å². The fourth-order valence-corrected chi connectivity index (χ4v) is 8.52. The Bertz CT molecular complexity index is 2320. The van der Waals surface area contributed by atoms with Gasteiger partial charge in [-0.2, -0.15) is 0 Å². The van der Waals surface area contributed by atoms with Gasteiger partial charge in [0.1, 0.15) is 23.7 Å². The number of amides is 4. The van der Waals surface area contributed by atoms with Gasteiger partial charge in [-0.1, -0.05) is 96.1 Å². The van der Waals surface area contributed by atoms with Crippen LogP contribution in [0.1, 0.15) is 78.1 Å². The van der Waals surface area contributed by atoms with Crippen molar-refractivity contribution in [2.75, 3.05) is 20.2 Å². The number of aromatic nitrogens is 4. The van der Waals surface area contributed by atoms with Crippen LogP contribution < -0.4 is 10.6 Å². The number of alkyl carbamates (subject to hydrolysis) is 1. The highest BCUT2D eigenvalue weighted by Crippen LogP contribution is 2.38. The fourth-order valence-electron chi connectivity index (χ4n) is 8.52. The Morgan fingerprint density at radius 1 is 0.712 bits per heavy atom. The molecule has 0 spiro atoms. The highest BCUT2D eigenvalue weighted by atomic mass is 16.5. The van der Waals surface area contributed by atoms with E-state index in [1.54, 1.807) is 4.90 Å². The van der Waals surface area contributed by atoms with Gasteiger partial charge in [0.2, 0.25) is 11.8 Å². The number of fused-ring (bicyclic) bond motifs is 1. The molecule has 14 heteroatoms. The summed E-state index contributed by atoms with van der Waals surface area (Å²) in [4.78, 5) is 70.9. The van der Waals surface area contributed by atoms with Gasteiger partial charge in [0.05, 0.1) is 42.1 Å². The smallest absolute Gasteiger partial charge is 0.407 e. The van der Waals surface area contributed by atoms with Crippen molar-refractivity contribution in [1.82, 2.24) is 40.4 Å². The predicted molar refractivity (Wildman–Crippen MR) is 225 cm³/mol. The first-order valence-electron chi connectivity index (χ1n) is 20.4. The van der Waals surface area contributed by atoms with Crippen molar-refractivity contribution < 1.29 is 29.0 Å². The van der Waals surface area contributed by atoms with Gasteiger partial charge < -0.3 is 40.2 Å². The number of likely N-dealkylation sites (tertiary alicyclic amines) is 2. The number of imidazole rings is 2. The maximum atomic E-state index is 13.7. The summed E-state index contributed by atoms with van der Waals surface area (Å²) in [5, 5.41) is 14.5. The summed E-state index contributed by atoms with van der Waals surface area (Å²) in [6.07, 6.45) is 1.47. The molecule has 59 heavy (non-hydrogen) atoms. The molecular formula is C45H54N8O6. The third-order valence-electron chi connectivity index (χ3n) is 11.7. The van der Waals surface area contributed by atoms with E-state index in [-0.39, 0.29) is 47.6 Å². The number of benzene rings is 3. The minimum Gasteiger partial charge on any atom is -0.465 e. The number of carbonyl (C=O) groups is 4. The number of nitrogens with one attached hydrogen (secondary N) is 4. The first-order chi connectivity index (χ1) is 28.2. The fraction of sp³-hybridized carbons (Fsp3) is 0.422. The van der Waals surface area contributed by atoms with E-state index in [1.807, 2.05) is 50.9 Å². The quantitative estimate of drug-likeness (QED) is 0.0896. The summed E-state index contributed by atoms with van der Waals surface area (Å²) in [5.74, 6) is 1.26. The summed E-state index contributed by atoms with van der Waals surface area (Å²) in [7, 11) is 1.29. The Hall–Kier alpha value is -6.18. The summed E-state index contributed by atoms with van der Waals surface area (Å²) in [6, 6.07) is 20.8. The number of methoxy groups -OCH3 is 1. The van der Waals surface area contributed by atoms with Crippen molar-refractivity contribution in [3.05, 3.63) is 84.6 Å². The molecule has 5 N–H and O–H groups in total. The van der Waals surface area contributed by atoms with E-state index in [2.05, 4.69) is 89.0 Å². The lowest BCUT2D eigenvalue weighted by atomic mass is 9.99. The molecule has 7 rings (SSSR count). The average molecular weight is 803 g/mol. The van der Waals surface area contributed by atoms with Crippen LogP contribution in [-0.2, 0) is 14.3 Å². The topological polar surface area (TPSA) is 186 Å². The van der Waals surface area contributed by atoms with E-state index in [1.165, 1.54) is 7.11 Å². The lowest BCUT2D eigenvalue weighted by Gasteiger charge is -2.30. The maximum absolute atomic E-state index is 13.7. The summed E-state index contributed by atoms with van der Waals surface area (Å²) < 4.78 is 4.78. The van der Waals surface area contributed by atoms with E-state index >= 15 is 0 Å². The van der Waals surface area contributed by atoms with Crippen LogP contribution >= 0.6 is 0 Å². The molecule has 2 aromatic heterocycles. The molecule has 14 nitrogen and oxygen atoms in total. The van der Waals surface area contributed by atoms with Crippen LogP contribution in [0.15, 0.2) is 72.9 Å². The molecule has 0 radical (unpaired) electrons. The number of H-pyrrole nitrogens is 2. The van der Waals surface area contributed by atoms with Crippen LogP contribution in [0.5, 0.6) is 0 Å². The Morgan fingerprint density at radius 2 is 1.20 bits per heavy atom. The number of aromatic amines is 2. The largest absolute Gasteiger partial charge is 0.465 e. The molecule has 0 saturated carbocycles. The van der Waals surface area contributed by atoms with Crippen molar-refractivity contribution in [2.24, 2.45) is 23.7 Å². The minimum atomic E-state index is -1.21. The van der Waals surface area contributed by atoms with Gasteiger partial charge in [0.15, 0.2) is 0 Å². The molecule has 3 aromatic carbocycles. The van der Waals surface area contributed by atoms with Crippen LogP contribution in [0, 0.1) is 23.7 Å². The molecule has 2 aliphatic rings. The molecule has 4 amide bonds. The Morgan fingerprint density at radius 3 is 1.73 bits per heavy atom. The van der Waals surface area contributed by atoms with Gasteiger partial charge >= 0.3 is 12.2 Å². The first kappa shape index (κ1) is 41.0. The molecule has 4 heterocycles. The standard InChI is InChI=1S/C45H54N8O6/c1-24(2)38(50-44(56)57)42(54)53-23-27(6)19-37(53)41-47-33-17-16-32(20-34(33)48-41)30-10-8-28(9-11-30)29-12-14-31(15-13-29)35-21-46-40(49-35)36-18-26(5)22-52(36)43(55)39(25(3)4)51-45(58)59-7/h8-17,20-21,24-27,36-39,50H,18-19,22-23H2,1-7H3,(H,46,49)(H,47,48)(H,51,58)(H,56,57)/t26-,27-,36-,37-,38-,39?/m0/s1. The second-order valence-corrected chi connectivity index (χ2v) is 16.9. The highest BCUT2D eigenvalue weighted by molar-refractivity contribution is 5.88. The molecule has 6 atom stereocenters. The van der Waals surface area contributed by atoms with Crippen LogP contribution in [0.2, 0.25) is 0 Å². The number of nitrogens with zero attached hydrogens (tertiary/aromatic N) is 4. The van der Waals surface area contributed by atoms with E-state index in [9.17, 15) is 24.3 Å². The van der Waals surface area contributed by atoms with Crippen molar-refractivity contribution in [1.29, 1.82) is 0 Å². The summed E-state index contributed by atoms with van der Waals surface area (Å²) in [5.41, 5.74) is 7.72. The Balaban J connectivity index is 1.04. The van der Waals surface area contributed by atoms with Gasteiger partial charge in [-0.3, -0.25) is 9.59 Å². The summed E-state index contributed by atoms with van der Waals surface area (Å²) in [6.45, 7) is 12.8. The SMILES string of the molecule is COC(=O)NC(C(=O)N1C[C@@H](C)C[C@H]1c1ncc(-c2ccc(-c3ccc(-c4ccc5nc([C@@H]6C[C@H](C)CN6C(=O)[C@@H](NC(=O)O)C(C)C)[nH]c5c4)cc3)cc2)[nH]1)C(C)C. The highest BCUT2D eigenvalue weighted by Gasteiger charge is 2.41. The van der Waals surface area contributed by atoms with Crippen molar-refractivity contribution >= 4 is 35.0 Å². The van der Waals surface area contributed by atoms with E-state index in [4.69, 9.17) is 14.7 Å². The molecule has 5 aromatic rings. The number of rotatable bonds is 11. The molecule has 1 unspecified atom stereocenters. The molecule has 0 aliphatic carbocycles. The van der Waals surface area contributed by atoms with Crippen molar-refractivity contribution in [3.63, 3.8) is 0 Å². The number of carbonyl (C=O) groups excluding carboxylic acids is 3. The molecule has 310 valence electrons.